The average Bonchev–Trinajstić information content (AvgIpc) is 2.37. The van der Waals surface area contributed by atoms with Gasteiger partial charge in [0.25, 0.3) is 0 Å². The van der Waals surface area contributed by atoms with Crippen LogP contribution in [0.3, 0.4) is 0 Å². The quantitative estimate of drug-likeness (QED) is 0.901. The highest BCUT2D eigenvalue weighted by atomic mass is 79.9. The molecule has 1 aromatic carbocycles. The van der Waals surface area contributed by atoms with Crippen LogP contribution in [-0.4, -0.2) is 25.5 Å². The van der Waals surface area contributed by atoms with E-state index in [0.29, 0.717) is 17.3 Å². The molecule has 17 heavy (non-hydrogen) atoms. The minimum atomic E-state index is -3.02. The lowest BCUT2D eigenvalue weighted by Gasteiger charge is -2.22. The molecule has 0 saturated carbocycles. The van der Waals surface area contributed by atoms with E-state index in [0.717, 1.165) is 5.56 Å². The molecule has 2 rings (SSSR count). The number of rotatable bonds is 2. The van der Waals surface area contributed by atoms with Crippen molar-refractivity contribution in [3.8, 4) is 0 Å². The number of halogens is 2. The van der Waals surface area contributed by atoms with Crippen molar-refractivity contribution < 1.29 is 12.8 Å². The predicted octanol–water partition coefficient (Wildman–Crippen LogP) is 1.65. The molecular weight excluding hydrogens is 309 g/mol. The van der Waals surface area contributed by atoms with Crippen molar-refractivity contribution in [2.45, 2.75) is 18.4 Å². The lowest BCUT2D eigenvalue weighted by Crippen LogP contribution is -2.43. The first-order valence-electron chi connectivity index (χ1n) is 5.22. The van der Waals surface area contributed by atoms with Crippen LogP contribution in [0.15, 0.2) is 22.7 Å². The molecule has 1 aromatic rings. The summed E-state index contributed by atoms with van der Waals surface area (Å²) in [4.78, 5) is 0. The van der Waals surface area contributed by atoms with E-state index in [2.05, 4.69) is 15.9 Å². The fraction of sp³-hybridized carbons (Fsp3) is 0.455. The lowest BCUT2D eigenvalue weighted by atomic mass is 9.91. The van der Waals surface area contributed by atoms with E-state index in [4.69, 9.17) is 5.73 Å². The summed E-state index contributed by atoms with van der Waals surface area (Å²) in [6.45, 7) is 0. The van der Waals surface area contributed by atoms with E-state index in [9.17, 15) is 12.8 Å². The highest BCUT2D eigenvalue weighted by molar-refractivity contribution is 9.10. The van der Waals surface area contributed by atoms with Crippen molar-refractivity contribution in [1.29, 1.82) is 0 Å². The minimum absolute atomic E-state index is 0.0197. The minimum Gasteiger partial charge on any atom is -0.324 e. The SMILES string of the molecule is NC1(Cc2cc(F)cc(Br)c2)CCS(=O)(=O)C1. The predicted molar refractivity (Wildman–Crippen MR) is 68.0 cm³/mol. The maximum Gasteiger partial charge on any atom is 0.152 e. The van der Waals surface area contributed by atoms with Gasteiger partial charge in [0.2, 0.25) is 0 Å². The zero-order valence-electron chi connectivity index (χ0n) is 9.12. The van der Waals surface area contributed by atoms with Gasteiger partial charge in [0.15, 0.2) is 9.84 Å². The Morgan fingerprint density at radius 1 is 1.41 bits per heavy atom. The van der Waals surface area contributed by atoms with Gasteiger partial charge in [-0.2, -0.15) is 0 Å². The zero-order valence-corrected chi connectivity index (χ0v) is 11.5. The summed E-state index contributed by atoms with van der Waals surface area (Å²) in [6.07, 6.45) is 0.812. The van der Waals surface area contributed by atoms with Gasteiger partial charge >= 0.3 is 0 Å². The van der Waals surface area contributed by atoms with Crippen molar-refractivity contribution in [1.82, 2.24) is 0 Å². The smallest absolute Gasteiger partial charge is 0.152 e. The summed E-state index contributed by atoms with van der Waals surface area (Å²) in [7, 11) is -3.02. The molecule has 1 aliphatic heterocycles. The highest BCUT2D eigenvalue weighted by Crippen LogP contribution is 2.26. The molecular formula is C11H13BrFNO2S. The first-order chi connectivity index (χ1) is 7.78. The summed E-state index contributed by atoms with van der Waals surface area (Å²) in [6, 6.07) is 4.52. The Morgan fingerprint density at radius 3 is 2.65 bits per heavy atom. The zero-order chi connectivity index (χ0) is 12.7. The largest absolute Gasteiger partial charge is 0.324 e. The molecule has 0 amide bonds. The second kappa shape index (κ2) is 4.33. The molecule has 2 N–H and O–H groups in total. The van der Waals surface area contributed by atoms with Crippen molar-refractivity contribution >= 4 is 25.8 Å². The Balaban J connectivity index is 2.21. The molecule has 1 saturated heterocycles. The van der Waals surface area contributed by atoms with Crippen molar-refractivity contribution in [3.63, 3.8) is 0 Å². The Morgan fingerprint density at radius 2 is 2.12 bits per heavy atom. The van der Waals surface area contributed by atoms with Crippen molar-refractivity contribution in [3.05, 3.63) is 34.1 Å². The first kappa shape index (κ1) is 13.0. The Kier molecular flexibility index (Phi) is 3.31. The van der Waals surface area contributed by atoms with E-state index in [1.807, 2.05) is 0 Å². The molecule has 0 aliphatic carbocycles. The van der Waals surface area contributed by atoms with E-state index < -0.39 is 15.4 Å². The van der Waals surface area contributed by atoms with Gasteiger partial charge in [-0.15, -0.1) is 0 Å². The van der Waals surface area contributed by atoms with Gasteiger partial charge in [0, 0.05) is 10.0 Å². The maximum atomic E-state index is 13.2. The topological polar surface area (TPSA) is 60.2 Å². The summed E-state index contributed by atoms with van der Waals surface area (Å²) in [5, 5.41) is 0. The van der Waals surface area contributed by atoms with Gasteiger partial charge in [-0.3, -0.25) is 0 Å². The summed E-state index contributed by atoms with van der Waals surface area (Å²) in [5.41, 5.74) is 6.01. The van der Waals surface area contributed by atoms with Crippen LogP contribution in [0.5, 0.6) is 0 Å². The number of hydrogen-bond donors (Lipinski definition) is 1. The van der Waals surface area contributed by atoms with Crippen LogP contribution in [0.4, 0.5) is 4.39 Å². The van der Waals surface area contributed by atoms with E-state index in [-0.39, 0.29) is 17.3 Å². The standard InChI is InChI=1S/C11H13BrFNO2S/c12-9-3-8(4-10(13)5-9)6-11(14)1-2-17(15,16)7-11/h3-5H,1-2,6-7,14H2. The van der Waals surface area contributed by atoms with Crippen molar-refractivity contribution in [2.24, 2.45) is 5.73 Å². The van der Waals surface area contributed by atoms with E-state index in [1.54, 1.807) is 6.07 Å². The summed E-state index contributed by atoms with van der Waals surface area (Å²) in [5.74, 6) is -0.243. The number of hydrogen-bond acceptors (Lipinski definition) is 3. The number of sulfone groups is 1. The van der Waals surface area contributed by atoms with Crippen LogP contribution in [0.2, 0.25) is 0 Å². The van der Waals surface area contributed by atoms with Crippen LogP contribution in [0.1, 0.15) is 12.0 Å². The van der Waals surface area contributed by atoms with Gasteiger partial charge in [0.1, 0.15) is 5.82 Å². The van der Waals surface area contributed by atoms with Gasteiger partial charge in [-0.05, 0) is 36.6 Å². The average molecular weight is 322 g/mol. The first-order valence-corrected chi connectivity index (χ1v) is 7.84. The van der Waals surface area contributed by atoms with Crippen LogP contribution >= 0.6 is 15.9 Å². The fourth-order valence-electron chi connectivity index (χ4n) is 2.20. The van der Waals surface area contributed by atoms with Gasteiger partial charge < -0.3 is 5.73 Å². The van der Waals surface area contributed by atoms with Gasteiger partial charge in [0.05, 0.1) is 11.5 Å². The third-order valence-corrected chi connectivity index (χ3v) is 5.20. The molecule has 1 fully saturated rings. The van der Waals surface area contributed by atoms with Crippen molar-refractivity contribution in [2.75, 3.05) is 11.5 Å². The van der Waals surface area contributed by atoms with Gasteiger partial charge in [-0.1, -0.05) is 15.9 Å². The second-order valence-corrected chi connectivity index (χ2v) is 7.76. The van der Waals surface area contributed by atoms with Crippen LogP contribution in [0, 0.1) is 5.82 Å². The molecule has 1 atom stereocenters. The number of nitrogens with two attached hydrogens (primary N) is 1. The number of benzene rings is 1. The molecule has 94 valence electrons. The lowest BCUT2D eigenvalue weighted by molar-refractivity contribution is 0.475. The molecule has 0 aromatic heterocycles. The van der Waals surface area contributed by atoms with E-state index in [1.165, 1.54) is 12.1 Å². The Bertz CT molecular complexity index is 526. The van der Waals surface area contributed by atoms with Crippen LogP contribution < -0.4 is 5.73 Å². The maximum absolute atomic E-state index is 13.2. The third kappa shape index (κ3) is 3.26. The van der Waals surface area contributed by atoms with Crippen LogP contribution in [-0.2, 0) is 16.3 Å². The fourth-order valence-corrected chi connectivity index (χ4v) is 4.70. The molecule has 3 nitrogen and oxygen atoms in total. The molecule has 0 bridgehead atoms. The summed E-state index contributed by atoms with van der Waals surface area (Å²) < 4.78 is 36.6. The highest BCUT2D eigenvalue weighted by Gasteiger charge is 2.38. The summed E-state index contributed by atoms with van der Waals surface area (Å²) >= 11 is 3.20. The molecule has 0 radical (unpaired) electrons. The molecule has 1 aliphatic rings. The molecule has 6 heteroatoms. The molecule has 1 heterocycles. The van der Waals surface area contributed by atoms with Crippen LogP contribution in [0.25, 0.3) is 0 Å². The van der Waals surface area contributed by atoms with E-state index >= 15 is 0 Å². The Hall–Kier alpha value is -0.460. The van der Waals surface area contributed by atoms with Gasteiger partial charge in [-0.25, -0.2) is 12.8 Å². The second-order valence-electron chi connectivity index (χ2n) is 4.66. The molecule has 1 unspecified atom stereocenters. The normalized spacial score (nSPS) is 27.2. The third-order valence-electron chi connectivity index (χ3n) is 2.90. The molecule has 0 spiro atoms. The monoisotopic (exact) mass is 321 g/mol. The Labute approximate surface area is 108 Å².